The van der Waals surface area contributed by atoms with Gasteiger partial charge in [0.25, 0.3) is 0 Å². The highest BCUT2D eigenvalue weighted by Gasteiger charge is 2.30. The summed E-state index contributed by atoms with van der Waals surface area (Å²) >= 11 is 0. The van der Waals surface area contributed by atoms with Gasteiger partial charge in [0.05, 0.1) is 19.4 Å². The van der Waals surface area contributed by atoms with E-state index >= 15 is 0 Å². The summed E-state index contributed by atoms with van der Waals surface area (Å²) in [5, 5.41) is 14.6. The van der Waals surface area contributed by atoms with E-state index in [1.54, 1.807) is 13.3 Å². The second-order valence-electron chi connectivity index (χ2n) is 5.07. The molecule has 0 bridgehead atoms. The molecule has 0 amide bonds. The smallest absolute Gasteiger partial charge is 0.130 e. The summed E-state index contributed by atoms with van der Waals surface area (Å²) in [6.07, 6.45) is 1.60. The summed E-state index contributed by atoms with van der Waals surface area (Å²) in [6, 6.07) is 5.51. The number of aryl methyl sites for hydroxylation is 1. The molecule has 1 N–H and O–H groups in total. The quantitative estimate of drug-likeness (QED) is 0.913. The Morgan fingerprint density at radius 1 is 1.40 bits per heavy atom. The minimum absolute atomic E-state index is 0.167. The largest absolute Gasteiger partial charge is 0.497 e. The van der Waals surface area contributed by atoms with E-state index in [9.17, 15) is 5.11 Å². The highest BCUT2D eigenvalue weighted by atomic mass is 16.5. The van der Waals surface area contributed by atoms with Crippen molar-refractivity contribution in [2.24, 2.45) is 7.05 Å². The van der Waals surface area contributed by atoms with Gasteiger partial charge in [0.15, 0.2) is 0 Å². The predicted molar refractivity (Wildman–Crippen MR) is 73.9 cm³/mol. The van der Waals surface area contributed by atoms with Crippen LogP contribution in [0.2, 0.25) is 0 Å². The number of aliphatic hydroxyl groups excluding tert-OH is 1. The highest BCUT2D eigenvalue weighted by Crippen LogP contribution is 2.42. The van der Waals surface area contributed by atoms with Gasteiger partial charge in [-0.1, -0.05) is 0 Å². The molecule has 0 saturated carbocycles. The van der Waals surface area contributed by atoms with E-state index < -0.39 is 6.10 Å². The summed E-state index contributed by atoms with van der Waals surface area (Å²) < 4.78 is 13.0. The molecule has 0 aliphatic carbocycles. The summed E-state index contributed by atoms with van der Waals surface area (Å²) in [7, 11) is 3.51. The maximum absolute atomic E-state index is 10.3. The first-order valence-corrected chi connectivity index (χ1v) is 6.61. The Labute approximate surface area is 117 Å². The van der Waals surface area contributed by atoms with Crippen molar-refractivity contribution in [2.45, 2.75) is 25.6 Å². The molecule has 0 radical (unpaired) electrons. The first kappa shape index (κ1) is 13.0. The number of hydrogen-bond acceptors (Lipinski definition) is 4. The molecule has 1 aromatic carbocycles. The van der Waals surface area contributed by atoms with Crippen molar-refractivity contribution in [3.63, 3.8) is 0 Å². The predicted octanol–water partition coefficient (Wildman–Crippen LogP) is 2.29. The Kier molecular flexibility index (Phi) is 3.14. The number of benzene rings is 1. The summed E-state index contributed by atoms with van der Waals surface area (Å²) in [4.78, 5) is 0. The van der Waals surface area contributed by atoms with Crippen LogP contribution in [0.3, 0.4) is 0 Å². The molecule has 1 aromatic heterocycles. The van der Waals surface area contributed by atoms with Crippen LogP contribution in [0, 0.1) is 6.92 Å². The van der Waals surface area contributed by atoms with Gasteiger partial charge in [0, 0.05) is 30.3 Å². The van der Waals surface area contributed by atoms with Crippen LogP contribution in [-0.2, 0) is 7.05 Å². The van der Waals surface area contributed by atoms with E-state index in [1.165, 1.54) is 0 Å². The highest BCUT2D eigenvalue weighted by molar-refractivity contribution is 5.43. The molecule has 2 aromatic rings. The number of aliphatic hydroxyl groups is 1. The Morgan fingerprint density at radius 2 is 2.20 bits per heavy atom. The third kappa shape index (κ3) is 2.04. The fourth-order valence-corrected chi connectivity index (χ4v) is 2.57. The minimum atomic E-state index is -0.557. The number of ether oxygens (including phenoxy) is 2. The molecule has 5 nitrogen and oxygen atoms in total. The third-order valence-electron chi connectivity index (χ3n) is 3.90. The van der Waals surface area contributed by atoms with Crippen molar-refractivity contribution in [1.29, 1.82) is 0 Å². The first-order valence-electron chi connectivity index (χ1n) is 6.61. The van der Waals surface area contributed by atoms with E-state index in [0.717, 1.165) is 22.6 Å². The van der Waals surface area contributed by atoms with Gasteiger partial charge in [0.1, 0.15) is 17.6 Å². The summed E-state index contributed by atoms with van der Waals surface area (Å²) in [6.45, 7) is 2.00. The van der Waals surface area contributed by atoms with Crippen LogP contribution in [0.15, 0.2) is 24.4 Å². The van der Waals surface area contributed by atoms with Gasteiger partial charge in [-0.3, -0.25) is 4.68 Å². The molecule has 0 saturated heterocycles. The monoisotopic (exact) mass is 274 g/mol. The molecule has 2 atom stereocenters. The fraction of sp³-hybridized carbons (Fsp3) is 0.400. The van der Waals surface area contributed by atoms with Crippen molar-refractivity contribution in [3.05, 3.63) is 41.2 Å². The molecule has 5 heteroatoms. The summed E-state index contributed by atoms with van der Waals surface area (Å²) in [5.41, 5.74) is 2.86. The number of nitrogens with zero attached hydrogens (tertiary/aromatic N) is 2. The van der Waals surface area contributed by atoms with Gasteiger partial charge >= 0.3 is 0 Å². The van der Waals surface area contributed by atoms with Crippen molar-refractivity contribution in [3.8, 4) is 11.5 Å². The average Bonchev–Trinajstić information content (AvgIpc) is 2.78. The Morgan fingerprint density at radius 3 is 2.85 bits per heavy atom. The maximum Gasteiger partial charge on any atom is 0.130 e. The van der Waals surface area contributed by atoms with Gasteiger partial charge in [-0.25, -0.2) is 0 Å². The molecule has 0 spiro atoms. The van der Waals surface area contributed by atoms with E-state index in [2.05, 4.69) is 5.10 Å². The SMILES string of the molecule is COc1ccc2c(c1)C(O)CC(c1cnn(C)c1C)O2. The van der Waals surface area contributed by atoms with Crippen molar-refractivity contribution < 1.29 is 14.6 Å². The van der Waals surface area contributed by atoms with Crippen molar-refractivity contribution in [2.75, 3.05) is 7.11 Å². The van der Waals surface area contributed by atoms with Gasteiger partial charge in [-0.05, 0) is 25.1 Å². The lowest BCUT2D eigenvalue weighted by Gasteiger charge is -2.29. The standard InChI is InChI=1S/C15H18N2O3/c1-9-12(8-16-17(9)2)15-7-13(18)11-6-10(19-3)4-5-14(11)20-15/h4-6,8,13,15,18H,7H2,1-3H3. The number of fused-ring (bicyclic) bond motifs is 1. The maximum atomic E-state index is 10.3. The summed E-state index contributed by atoms with van der Waals surface area (Å²) in [5.74, 6) is 1.43. The molecule has 1 aliphatic heterocycles. The van der Waals surface area contributed by atoms with Crippen LogP contribution in [0.25, 0.3) is 0 Å². The Hall–Kier alpha value is -2.01. The molecular formula is C15H18N2O3. The Bertz CT molecular complexity index is 636. The normalized spacial score (nSPS) is 21.2. The molecule has 3 rings (SSSR count). The molecule has 2 unspecified atom stereocenters. The van der Waals surface area contributed by atoms with Gasteiger partial charge in [0.2, 0.25) is 0 Å². The van der Waals surface area contributed by atoms with Crippen LogP contribution in [0.1, 0.15) is 35.4 Å². The molecule has 2 heterocycles. The van der Waals surface area contributed by atoms with Gasteiger partial charge in [-0.2, -0.15) is 5.10 Å². The topological polar surface area (TPSA) is 56.5 Å². The van der Waals surface area contributed by atoms with E-state index in [1.807, 2.05) is 36.9 Å². The fourth-order valence-electron chi connectivity index (χ4n) is 2.57. The van der Waals surface area contributed by atoms with E-state index in [4.69, 9.17) is 9.47 Å². The molecule has 20 heavy (non-hydrogen) atoms. The number of hydrogen-bond donors (Lipinski definition) is 1. The van der Waals surface area contributed by atoms with Crippen LogP contribution in [0.4, 0.5) is 0 Å². The van der Waals surface area contributed by atoms with Crippen LogP contribution in [-0.4, -0.2) is 22.0 Å². The minimum Gasteiger partial charge on any atom is -0.497 e. The Balaban J connectivity index is 1.95. The first-order chi connectivity index (χ1) is 9.60. The number of aromatic nitrogens is 2. The van der Waals surface area contributed by atoms with E-state index in [-0.39, 0.29) is 6.10 Å². The third-order valence-corrected chi connectivity index (χ3v) is 3.90. The van der Waals surface area contributed by atoms with Crippen LogP contribution < -0.4 is 9.47 Å². The molecule has 1 aliphatic rings. The van der Waals surface area contributed by atoms with Crippen molar-refractivity contribution in [1.82, 2.24) is 9.78 Å². The lowest BCUT2D eigenvalue weighted by molar-refractivity contribution is 0.0651. The second kappa shape index (κ2) is 4.83. The molecular weight excluding hydrogens is 256 g/mol. The lowest BCUT2D eigenvalue weighted by atomic mass is 9.95. The number of rotatable bonds is 2. The van der Waals surface area contributed by atoms with E-state index in [0.29, 0.717) is 12.2 Å². The van der Waals surface area contributed by atoms with Crippen LogP contribution in [0.5, 0.6) is 11.5 Å². The van der Waals surface area contributed by atoms with Crippen molar-refractivity contribution >= 4 is 0 Å². The molecule has 0 fully saturated rings. The lowest BCUT2D eigenvalue weighted by Crippen LogP contribution is -2.19. The molecule has 106 valence electrons. The van der Waals surface area contributed by atoms with Gasteiger partial charge < -0.3 is 14.6 Å². The average molecular weight is 274 g/mol. The number of methoxy groups -OCH3 is 1. The zero-order valence-electron chi connectivity index (χ0n) is 11.8. The second-order valence-corrected chi connectivity index (χ2v) is 5.07. The van der Waals surface area contributed by atoms with Crippen LogP contribution >= 0.6 is 0 Å². The zero-order chi connectivity index (χ0) is 14.3. The van der Waals surface area contributed by atoms with Gasteiger partial charge in [-0.15, -0.1) is 0 Å². The zero-order valence-corrected chi connectivity index (χ0v) is 11.8.